The van der Waals surface area contributed by atoms with Crippen LogP contribution in [0.25, 0.3) is 0 Å². The third-order valence-electron chi connectivity index (χ3n) is 3.36. The summed E-state index contributed by atoms with van der Waals surface area (Å²) in [6.07, 6.45) is 3.17. The summed E-state index contributed by atoms with van der Waals surface area (Å²) in [5, 5.41) is 3.34. The number of ketones is 1. The molecule has 0 bridgehead atoms. The van der Waals surface area contributed by atoms with Gasteiger partial charge in [0.1, 0.15) is 11.7 Å². The first-order valence-electron chi connectivity index (χ1n) is 6.72. The number of para-hydroxylation sites is 1. The summed E-state index contributed by atoms with van der Waals surface area (Å²) >= 11 is 0. The van der Waals surface area contributed by atoms with Crippen molar-refractivity contribution in [2.75, 3.05) is 18.4 Å². The Morgan fingerprint density at radius 3 is 3.16 bits per heavy atom. The van der Waals surface area contributed by atoms with Crippen molar-refractivity contribution in [3.63, 3.8) is 0 Å². The van der Waals surface area contributed by atoms with E-state index in [2.05, 4.69) is 21.3 Å². The van der Waals surface area contributed by atoms with Crippen LogP contribution >= 0.6 is 0 Å². The van der Waals surface area contributed by atoms with Crippen molar-refractivity contribution in [2.24, 2.45) is 4.99 Å². The molecule has 2 aliphatic heterocycles. The number of hydrogen-bond donors (Lipinski definition) is 1. The second kappa shape index (κ2) is 4.88. The minimum absolute atomic E-state index is 0.163. The Morgan fingerprint density at radius 2 is 2.32 bits per heavy atom. The number of fused-ring (bicyclic) bond motifs is 3. The van der Waals surface area contributed by atoms with E-state index in [9.17, 15) is 4.79 Å². The molecule has 0 amide bonds. The summed E-state index contributed by atoms with van der Waals surface area (Å²) in [6.45, 7) is 3.63. The van der Waals surface area contributed by atoms with E-state index in [1.54, 1.807) is 6.08 Å². The molecule has 0 aromatic heterocycles. The van der Waals surface area contributed by atoms with Crippen LogP contribution < -0.4 is 5.32 Å². The zero-order valence-corrected chi connectivity index (χ0v) is 11.0. The Morgan fingerprint density at radius 1 is 1.47 bits per heavy atom. The Kier molecular flexibility index (Phi) is 3.07. The van der Waals surface area contributed by atoms with Crippen LogP contribution in [0.2, 0.25) is 0 Å². The number of nitrogens with one attached hydrogen (secondary N) is 1. The molecule has 0 unspecified atom stereocenters. The highest BCUT2D eigenvalue weighted by Gasteiger charge is 2.29. The van der Waals surface area contributed by atoms with Crippen LogP contribution in [0.4, 0.5) is 5.69 Å². The molecule has 2 aliphatic rings. The Balaban J connectivity index is 1.98. The fourth-order valence-corrected chi connectivity index (χ4v) is 2.49. The molecule has 4 nitrogen and oxygen atoms in total. The molecule has 1 N–H and O–H groups in total. The zero-order chi connectivity index (χ0) is 13.2. The molecule has 0 fully saturated rings. The van der Waals surface area contributed by atoms with Crippen LogP contribution in [0.5, 0.6) is 0 Å². The van der Waals surface area contributed by atoms with Gasteiger partial charge in [0.2, 0.25) is 0 Å². The fraction of sp³-hybridized carbons (Fsp3) is 0.333. The van der Waals surface area contributed by atoms with Gasteiger partial charge >= 0.3 is 0 Å². The van der Waals surface area contributed by atoms with Crippen LogP contribution in [0.1, 0.15) is 25.3 Å². The number of carbonyl (C=O) groups is 1. The Labute approximate surface area is 112 Å². The van der Waals surface area contributed by atoms with Gasteiger partial charge in [-0.15, -0.1) is 0 Å². The molecule has 0 saturated carbocycles. The monoisotopic (exact) mass is 255 g/mol. The molecule has 0 atom stereocenters. The molecule has 0 aliphatic carbocycles. The van der Waals surface area contributed by atoms with E-state index >= 15 is 0 Å². The van der Waals surface area contributed by atoms with Gasteiger partial charge in [-0.05, 0) is 18.6 Å². The summed E-state index contributed by atoms with van der Waals surface area (Å²) in [4.78, 5) is 18.5. The lowest BCUT2D eigenvalue weighted by molar-refractivity contribution is -0.114. The predicted octanol–water partition coefficient (Wildman–Crippen LogP) is 2.38. The second-order valence-corrected chi connectivity index (χ2v) is 4.77. The highest BCUT2D eigenvalue weighted by molar-refractivity contribution is 6.08. The first-order chi connectivity index (χ1) is 9.29. The maximum absolute atomic E-state index is 11.8. The normalized spacial score (nSPS) is 18.7. The zero-order valence-electron chi connectivity index (χ0n) is 11.0. The summed E-state index contributed by atoms with van der Waals surface area (Å²) in [7, 11) is 0. The quantitative estimate of drug-likeness (QED) is 0.843. The van der Waals surface area contributed by atoms with E-state index in [-0.39, 0.29) is 5.78 Å². The number of nitrogens with zero attached hydrogens (tertiary/aromatic N) is 2. The molecule has 2 heterocycles. The number of hydrogen-bond acceptors (Lipinski definition) is 4. The fourth-order valence-electron chi connectivity index (χ4n) is 2.49. The van der Waals surface area contributed by atoms with Crippen molar-refractivity contribution in [1.29, 1.82) is 0 Å². The SMILES string of the molecule is CCCC(=O)/C=C1\Nc2ccccc2C2=NCCN21. The van der Waals surface area contributed by atoms with Gasteiger partial charge in [0, 0.05) is 24.6 Å². The van der Waals surface area contributed by atoms with Gasteiger partial charge in [-0.3, -0.25) is 9.79 Å². The number of anilines is 1. The standard InChI is InChI=1S/C15H17N3O/c1-2-5-11(19)10-14-17-13-7-4-3-6-12(13)15-16-8-9-18(14)15/h3-4,6-7,10,17H,2,5,8-9H2,1H3/b14-10+. The molecule has 0 spiro atoms. The van der Waals surface area contributed by atoms with E-state index in [4.69, 9.17) is 0 Å². The van der Waals surface area contributed by atoms with Crippen LogP contribution in [-0.4, -0.2) is 29.6 Å². The minimum Gasteiger partial charge on any atom is -0.341 e. The third kappa shape index (κ3) is 2.14. The highest BCUT2D eigenvalue weighted by atomic mass is 16.1. The molecule has 0 radical (unpaired) electrons. The first kappa shape index (κ1) is 12.0. The van der Waals surface area contributed by atoms with Gasteiger partial charge in [0.05, 0.1) is 12.2 Å². The summed E-state index contributed by atoms with van der Waals surface area (Å²) < 4.78 is 0. The van der Waals surface area contributed by atoms with E-state index in [1.807, 2.05) is 25.1 Å². The van der Waals surface area contributed by atoms with E-state index < -0.39 is 0 Å². The van der Waals surface area contributed by atoms with Crippen LogP contribution in [0.3, 0.4) is 0 Å². The van der Waals surface area contributed by atoms with Gasteiger partial charge in [-0.2, -0.15) is 0 Å². The van der Waals surface area contributed by atoms with Gasteiger partial charge in [-0.1, -0.05) is 19.1 Å². The number of amidine groups is 1. The van der Waals surface area contributed by atoms with Gasteiger partial charge in [0.25, 0.3) is 0 Å². The van der Waals surface area contributed by atoms with Gasteiger partial charge in [0.15, 0.2) is 5.78 Å². The van der Waals surface area contributed by atoms with Gasteiger partial charge < -0.3 is 10.2 Å². The highest BCUT2D eigenvalue weighted by Crippen LogP contribution is 2.29. The molecule has 19 heavy (non-hydrogen) atoms. The van der Waals surface area contributed by atoms with Crippen molar-refractivity contribution in [2.45, 2.75) is 19.8 Å². The summed E-state index contributed by atoms with van der Waals surface area (Å²) in [5.74, 6) is 1.99. The number of carbonyl (C=O) groups excluding carboxylic acids is 1. The second-order valence-electron chi connectivity index (χ2n) is 4.77. The lowest BCUT2D eigenvalue weighted by Gasteiger charge is -2.31. The average Bonchev–Trinajstić information content (AvgIpc) is 2.89. The molecular weight excluding hydrogens is 238 g/mol. The molecular formula is C15H17N3O. The number of allylic oxidation sites excluding steroid dienone is 1. The van der Waals surface area contributed by atoms with Crippen LogP contribution in [0, 0.1) is 0 Å². The van der Waals surface area contributed by atoms with Crippen molar-refractivity contribution in [3.8, 4) is 0 Å². The third-order valence-corrected chi connectivity index (χ3v) is 3.36. The van der Waals surface area contributed by atoms with Crippen molar-refractivity contribution < 1.29 is 4.79 Å². The largest absolute Gasteiger partial charge is 0.341 e. The number of benzene rings is 1. The predicted molar refractivity (Wildman–Crippen MR) is 76.2 cm³/mol. The average molecular weight is 255 g/mol. The lowest BCUT2D eigenvalue weighted by Crippen LogP contribution is -2.36. The molecule has 98 valence electrons. The molecule has 4 heteroatoms. The van der Waals surface area contributed by atoms with E-state index in [0.717, 1.165) is 42.4 Å². The summed E-state index contributed by atoms with van der Waals surface area (Å²) in [5.41, 5.74) is 2.13. The van der Waals surface area contributed by atoms with E-state index in [0.29, 0.717) is 6.42 Å². The summed E-state index contributed by atoms with van der Waals surface area (Å²) in [6, 6.07) is 8.08. The Bertz CT molecular complexity index is 575. The van der Waals surface area contributed by atoms with Crippen molar-refractivity contribution in [3.05, 3.63) is 41.7 Å². The lowest BCUT2D eigenvalue weighted by atomic mass is 10.1. The number of rotatable bonds is 3. The molecule has 1 aromatic rings. The molecule has 1 aromatic carbocycles. The first-order valence-corrected chi connectivity index (χ1v) is 6.72. The minimum atomic E-state index is 0.163. The topological polar surface area (TPSA) is 44.7 Å². The Hall–Kier alpha value is -2.10. The maximum atomic E-state index is 11.8. The smallest absolute Gasteiger partial charge is 0.159 e. The van der Waals surface area contributed by atoms with Crippen molar-refractivity contribution in [1.82, 2.24) is 4.90 Å². The van der Waals surface area contributed by atoms with Gasteiger partial charge in [-0.25, -0.2) is 0 Å². The maximum Gasteiger partial charge on any atom is 0.159 e. The van der Waals surface area contributed by atoms with E-state index in [1.165, 1.54) is 0 Å². The van der Waals surface area contributed by atoms with Crippen molar-refractivity contribution >= 4 is 17.3 Å². The van der Waals surface area contributed by atoms with Crippen LogP contribution in [0.15, 0.2) is 41.2 Å². The molecule has 0 saturated heterocycles. The number of aliphatic imine (C=N–C) groups is 1. The van der Waals surface area contributed by atoms with Crippen LogP contribution in [-0.2, 0) is 4.79 Å². The molecule has 3 rings (SSSR count).